The maximum atomic E-state index is 12.6. The van der Waals surface area contributed by atoms with Gasteiger partial charge in [-0.1, -0.05) is 22.8 Å². The maximum Gasteiger partial charge on any atom is 0.254 e. The summed E-state index contributed by atoms with van der Waals surface area (Å²) in [6.07, 6.45) is 1.40. The van der Waals surface area contributed by atoms with E-state index in [1.807, 2.05) is 0 Å². The van der Waals surface area contributed by atoms with Crippen molar-refractivity contribution in [3.63, 3.8) is 0 Å². The van der Waals surface area contributed by atoms with Gasteiger partial charge in [-0.05, 0) is 38.0 Å². The van der Waals surface area contributed by atoms with Crippen LogP contribution in [0.15, 0.2) is 34.9 Å². The second-order valence-corrected chi connectivity index (χ2v) is 5.92. The summed E-state index contributed by atoms with van der Waals surface area (Å²) < 4.78 is 4.92. The van der Waals surface area contributed by atoms with Gasteiger partial charge in [0.25, 0.3) is 5.91 Å². The first-order valence-electron chi connectivity index (χ1n) is 7.35. The van der Waals surface area contributed by atoms with E-state index in [0.717, 1.165) is 6.42 Å². The summed E-state index contributed by atoms with van der Waals surface area (Å²) in [5.41, 5.74) is 0.481. The molecule has 3 rings (SSSR count). The number of carbonyl (C=O) groups excluding carboxylic acids is 2. The van der Waals surface area contributed by atoms with Crippen molar-refractivity contribution in [2.45, 2.75) is 25.8 Å². The molecule has 2 heterocycles. The largest absolute Gasteiger partial charge is 0.360 e. The minimum Gasteiger partial charge on any atom is -0.360 e. The zero-order valence-corrected chi connectivity index (χ0v) is 13.3. The van der Waals surface area contributed by atoms with E-state index < -0.39 is 6.04 Å². The van der Waals surface area contributed by atoms with Gasteiger partial charge in [0.1, 0.15) is 11.8 Å². The third-order valence-electron chi connectivity index (χ3n) is 3.77. The molecule has 120 valence electrons. The fourth-order valence-corrected chi connectivity index (χ4v) is 2.89. The Morgan fingerprint density at radius 2 is 2.22 bits per heavy atom. The molecule has 2 aromatic rings. The predicted octanol–water partition coefficient (Wildman–Crippen LogP) is 2.88. The van der Waals surface area contributed by atoms with Crippen molar-refractivity contribution in [2.75, 3.05) is 11.9 Å². The average Bonchev–Trinajstić information content (AvgIpc) is 3.15. The molecule has 1 atom stereocenters. The molecular formula is C16H16ClN3O3. The summed E-state index contributed by atoms with van der Waals surface area (Å²) in [6.45, 7) is 2.29. The van der Waals surface area contributed by atoms with Gasteiger partial charge in [-0.2, -0.15) is 0 Å². The SMILES string of the molecule is Cc1cc(NC(=O)[C@@H]2CCCN2C(=O)c2cccc(Cl)c2)no1. The molecule has 0 saturated carbocycles. The fraction of sp³-hybridized carbons (Fsp3) is 0.312. The number of carbonyl (C=O) groups is 2. The van der Waals surface area contributed by atoms with Gasteiger partial charge in [0.05, 0.1) is 0 Å². The van der Waals surface area contributed by atoms with Crippen LogP contribution in [-0.2, 0) is 4.79 Å². The molecule has 0 spiro atoms. The number of amides is 2. The molecule has 1 aliphatic rings. The lowest BCUT2D eigenvalue weighted by Gasteiger charge is -2.23. The molecule has 0 bridgehead atoms. The first kappa shape index (κ1) is 15.6. The van der Waals surface area contributed by atoms with Crippen molar-refractivity contribution in [1.29, 1.82) is 0 Å². The highest BCUT2D eigenvalue weighted by molar-refractivity contribution is 6.31. The Hall–Kier alpha value is -2.34. The van der Waals surface area contributed by atoms with Gasteiger partial charge in [-0.25, -0.2) is 0 Å². The zero-order valence-electron chi connectivity index (χ0n) is 12.6. The predicted molar refractivity (Wildman–Crippen MR) is 85.4 cm³/mol. The van der Waals surface area contributed by atoms with E-state index in [1.54, 1.807) is 42.2 Å². The minimum absolute atomic E-state index is 0.193. The third-order valence-corrected chi connectivity index (χ3v) is 4.00. The van der Waals surface area contributed by atoms with Crippen LogP contribution >= 0.6 is 11.6 Å². The van der Waals surface area contributed by atoms with E-state index in [-0.39, 0.29) is 11.8 Å². The molecule has 0 radical (unpaired) electrons. The molecule has 6 nitrogen and oxygen atoms in total. The van der Waals surface area contributed by atoms with Gasteiger partial charge in [-0.3, -0.25) is 9.59 Å². The van der Waals surface area contributed by atoms with Gasteiger partial charge >= 0.3 is 0 Å². The average molecular weight is 334 g/mol. The first-order chi connectivity index (χ1) is 11.0. The number of hydrogen-bond donors (Lipinski definition) is 1. The summed E-state index contributed by atoms with van der Waals surface area (Å²) in [5.74, 6) is 0.515. The summed E-state index contributed by atoms with van der Waals surface area (Å²) in [4.78, 5) is 26.6. The Morgan fingerprint density at radius 3 is 2.91 bits per heavy atom. The number of likely N-dealkylation sites (tertiary alicyclic amines) is 1. The number of hydrogen-bond acceptors (Lipinski definition) is 4. The van der Waals surface area contributed by atoms with E-state index in [1.165, 1.54) is 0 Å². The van der Waals surface area contributed by atoms with Crippen molar-refractivity contribution in [2.24, 2.45) is 0 Å². The summed E-state index contributed by atoms with van der Waals surface area (Å²) in [6, 6.07) is 7.85. The van der Waals surface area contributed by atoms with Crippen molar-refractivity contribution in [1.82, 2.24) is 10.1 Å². The van der Waals surface area contributed by atoms with Crippen LogP contribution in [0.4, 0.5) is 5.82 Å². The molecule has 1 fully saturated rings. The highest BCUT2D eigenvalue weighted by Gasteiger charge is 2.34. The van der Waals surface area contributed by atoms with Crippen LogP contribution in [0.5, 0.6) is 0 Å². The monoisotopic (exact) mass is 333 g/mol. The van der Waals surface area contributed by atoms with Crippen LogP contribution in [0.2, 0.25) is 5.02 Å². The van der Waals surface area contributed by atoms with E-state index in [2.05, 4.69) is 10.5 Å². The number of halogens is 1. The molecule has 1 N–H and O–H groups in total. The van der Waals surface area contributed by atoms with E-state index in [0.29, 0.717) is 35.1 Å². The fourth-order valence-electron chi connectivity index (χ4n) is 2.70. The highest BCUT2D eigenvalue weighted by Crippen LogP contribution is 2.23. The number of anilines is 1. The van der Waals surface area contributed by atoms with Crippen LogP contribution in [0.1, 0.15) is 29.0 Å². The van der Waals surface area contributed by atoms with Crippen LogP contribution in [0, 0.1) is 6.92 Å². The van der Waals surface area contributed by atoms with Crippen molar-refractivity contribution in [3.05, 3.63) is 46.7 Å². The molecular weight excluding hydrogens is 318 g/mol. The van der Waals surface area contributed by atoms with Crippen molar-refractivity contribution >= 4 is 29.2 Å². The molecule has 0 unspecified atom stereocenters. The molecule has 2 amide bonds. The van der Waals surface area contributed by atoms with Gasteiger partial charge in [0.2, 0.25) is 5.91 Å². The molecule has 0 aliphatic carbocycles. The Labute approximate surface area is 138 Å². The Bertz CT molecular complexity index is 744. The third kappa shape index (κ3) is 3.37. The van der Waals surface area contributed by atoms with Crippen molar-refractivity contribution < 1.29 is 14.1 Å². The standard InChI is InChI=1S/C16H16ClN3O3/c1-10-8-14(19-23-10)18-15(21)13-6-3-7-20(13)16(22)11-4-2-5-12(17)9-11/h2,4-5,8-9,13H,3,6-7H2,1H3,(H,18,19,21)/t13-/m0/s1. The van der Waals surface area contributed by atoms with Gasteiger partial charge < -0.3 is 14.7 Å². The smallest absolute Gasteiger partial charge is 0.254 e. The number of nitrogens with zero attached hydrogens (tertiary/aromatic N) is 2. The molecule has 1 saturated heterocycles. The summed E-state index contributed by atoms with van der Waals surface area (Å²) in [5, 5.41) is 6.92. The zero-order chi connectivity index (χ0) is 16.4. The number of rotatable bonds is 3. The molecule has 1 aromatic heterocycles. The minimum atomic E-state index is -0.515. The lowest BCUT2D eigenvalue weighted by atomic mass is 10.1. The molecule has 7 heteroatoms. The van der Waals surface area contributed by atoms with E-state index in [4.69, 9.17) is 16.1 Å². The second kappa shape index (κ2) is 6.42. The molecule has 23 heavy (non-hydrogen) atoms. The van der Waals surface area contributed by atoms with E-state index >= 15 is 0 Å². The normalized spacial score (nSPS) is 17.3. The van der Waals surface area contributed by atoms with Gasteiger partial charge in [-0.15, -0.1) is 0 Å². The maximum absolute atomic E-state index is 12.6. The second-order valence-electron chi connectivity index (χ2n) is 5.48. The number of benzene rings is 1. The van der Waals surface area contributed by atoms with Gasteiger partial charge in [0.15, 0.2) is 5.82 Å². The Morgan fingerprint density at radius 1 is 1.39 bits per heavy atom. The number of aromatic nitrogens is 1. The quantitative estimate of drug-likeness (QED) is 0.937. The van der Waals surface area contributed by atoms with E-state index in [9.17, 15) is 9.59 Å². The Kier molecular flexibility index (Phi) is 4.34. The summed E-state index contributed by atoms with van der Waals surface area (Å²) >= 11 is 5.94. The number of nitrogens with one attached hydrogen (secondary N) is 1. The molecule has 1 aliphatic heterocycles. The van der Waals surface area contributed by atoms with Gasteiger partial charge in [0, 0.05) is 23.2 Å². The topological polar surface area (TPSA) is 75.4 Å². The number of aryl methyl sites for hydroxylation is 1. The Balaban J connectivity index is 1.74. The van der Waals surface area contributed by atoms with Crippen LogP contribution in [-0.4, -0.2) is 34.5 Å². The molecule has 1 aromatic carbocycles. The van der Waals surface area contributed by atoms with Crippen LogP contribution in [0.25, 0.3) is 0 Å². The van der Waals surface area contributed by atoms with Crippen LogP contribution < -0.4 is 5.32 Å². The van der Waals surface area contributed by atoms with Crippen molar-refractivity contribution in [3.8, 4) is 0 Å². The highest BCUT2D eigenvalue weighted by atomic mass is 35.5. The lowest BCUT2D eigenvalue weighted by Crippen LogP contribution is -2.43. The lowest BCUT2D eigenvalue weighted by molar-refractivity contribution is -0.119. The first-order valence-corrected chi connectivity index (χ1v) is 7.73. The summed E-state index contributed by atoms with van der Waals surface area (Å²) in [7, 11) is 0. The van der Waals surface area contributed by atoms with Crippen LogP contribution in [0.3, 0.4) is 0 Å².